The number of rotatable bonds is 4. The Hall–Kier alpha value is -2.14. The minimum atomic E-state index is -0.676. The Labute approximate surface area is 129 Å². The number of hydrogen-bond acceptors (Lipinski definition) is 4. The van der Waals surface area contributed by atoms with E-state index in [0.29, 0.717) is 17.7 Å². The second-order valence-electron chi connectivity index (χ2n) is 5.75. The highest BCUT2D eigenvalue weighted by atomic mass is 16.4. The van der Waals surface area contributed by atoms with Gasteiger partial charge in [0.2, 0.25) is 0 Å². The first kappa shape index (κ1) is 14.8. The fourth-order valence-corrected chi connectivity index (χ4v) is 2.96. The van der Waals surface area contributed by atoms with Gasteiger partial charge in [-0.2, -0.15) is 0 Å². The Kier molecular flexibility index (Phi) is 4.24. The molecule has 1 aliphatic rings. The van der Waals surface area contributed by atoms with E-state index < -0.39 is 6.10 Å². The molecule has 1 fully saturated rings. The number of carbonyl (C=O) groups excluding carboxylic acids is 1. The van der Waals surface area contributed by atoms with Crippen molar-refractivity contribution >= 4 is 5.91 Å². The lowest BCUT2D eigenvalue weighted by Gasteiger charge is -2.26. The van der Waals surface area contributed by atoms with Crippen LogP contribution in [0.5, 0.6) is 0 Å². The summed E-state index contributed by atoms with van der Waals surface area (Å²) in [6.07, 6.45) is 4.86. The third-order valence-corrected chi connectivity index (χ3v) is 4.16. The zero-order valence-corrected chi connectivity index (χ0v) is 12.6. The van der Waals surface area contributed by atoms with Crippen molar-refractivity contribution in [3.63, 3.8) is 0 Å². The molecule has 5 heteroatoms. The van der Waals surface area contributed by atoms with E-state index in [1.807, 2.05) is 24.0 Å². The van der Waals surface area contributed by atoms with Gasteiger partial charge >= 0.3 is 0 Å². The first-order chi connectivity index (χ1) is 10.6. The highest BCUT2D eigenvalue weighted by Crippen LogP contribution is 2.28. The van der Waals surface area contributed by atoms with Crippen molar-refractivity contribution in [1.29, 1.82) is 0 Å². The number of nitrogens with zero attached hydrogens (tertiary/aromatic N) is 2. The maximum absolute atomic E-state index is 12.6. The van der Waals surface area contributed by atoms with Crippen LogP contribution < -0.4 is 0 Å². The quantitative estimate of drug-likeness (QED) is 0.942. The third-order valence-electron chi connectivity index (χ3n) is 4.16. The summed E-state index contributed by atoms with van der Waals surface area (Å²) < 4.78 is 5.24. The number of aromatic nitrogens is 1. The molecule has 0 spiro atoms. The van der Waals surface area contributed by atoms with Crippen molar-refractivity contribution in [2.45, 2.75) is 38.3 Å². The lowest BCUT2D eigenvalue weighted by Crippen LogP contribution is -2.36. The highest BCUT2D eigenvalue weighted by Gasteiger charge is 2.31. The van der Waals surface area contributed by atoms with Crippen molar-refractivity contribution in [2.75, 3.05) is 6.54 Å². The molecule has 5 nitrogen and oxygen atoms in total. The molecule has 0 bridgehead atoms. The molecule has 1 aliphatic heterocycles. The summed E-state index contributed by atoms with van der Waals surface area (Å²) in [6, 6.07) is 7.21. The number of aryl methyl sites for hydroxylation is 1. The van der Waals surface area contributed by atoms with E-state index in [9.17, 15) is 9.90 Å². The van der Waals surface area contributed by atoms with E-state index in [2.05, 4.69) is 4.98 Å². The molecule has 1 N–H and O–H groups in total. The Balaban J connectivity index is 1.70. The summed E-state index contributed by atoms with van der Waals surface area (Å²) in [5.41, 5.74) is 1.49. The van der Waals surface area contributed by atoms with E-state index in [1.165, 1.54) is 0 Å². The number of pyridine rings is 1. The van der Waals surface area contributed by atoms with Crippen molar-refractivity contribution in [2.24, 2.45) is 0 Å². The SMILES string of the molecule is Cc1ccc(C(=O)N2CCCC2CC(O)c2ccco2)cn1. The van der Waals surface area contributed by atoms with Crippen LogP contribution in [0.2, 0.25) is 0 Å². The van der Waals surface area contributed by atoms with Crippen LogP contribution in [0.4, 0.5) is 0 Å². The fourth-order valence-electron chi connectivity index (χ4n) is 2.96. The lowest BCUT2D eigenvalue weighted by atomic mass is 10.0. The predicted molar refractivity (Wildman–Crippen MR) is 81.3 cm³/mol. The summed E-state index contributed by atoms with van der Waals surface area (Å²) in [6.45, 7) is 2.62. The third kappa shape index (κ3) is 3.04. The van der Waals surface area contributed by atoms with Gasteiger partial charge in [-0.1, -0.05) is 0 Å². The molecule has 2 aromatic rings. The molecule has 22 heavy (non-hydrogen) atoms. The van der Waals surface area contributed by atoms with Crippen LogP contribution in [0.25, 0.3) is 0 Å². The molecule has 116 valence electrons. The predicted octanol–water partition coefficient (Wildman–Crippen LogP) is 2.71. The summed E-state index contributed by atoms with van der Waals surface area (Å²) in [5.74, 6) is 0.540. The van der Waals surface area contributed by atoms with E-state index in [-0.39, 0.29) is 11.9 Å². The number of carbonyl (C=O) groups is 1. The smallest absolute Gasteiger partial charge is 0.255 e. The largest absolute Gasteiger partial charge is 0.467 e. The van der Waals surface area contributed by atoms with Gasteiger partial charge in [0, 0.05) is 30.9 Å². The minimum Gasteiger partial charge on any atom is -0.467 e. The molecule has 2 aromatic heterocycles. The molecular formula is C17H20N2O3. The average Bonchev–Trinajstić information content (AvgIpc) is 3.18. The molecule has 0 saturated carbocycles. The van der Waals surface area contributed by atoms with Gasteiger partial charge in [-0.05, 0) is 44.0 Å². The van der Waals surface area contributed by atoms with Crippen LogP contribution in [0.3, 0.4) is 0 Å². The number of likely N-dealkylation sites (tertiary alicyclic amines) is 1. The van der Waals surface area contributed by atoms with Crippen LogP contribution in [0.15, 0.2) is 41.1 Å². The second-order valence-corrected chi connectivity index (χ2v) is 5.75. The molecule has 3 heterocycles. The second kappa shape index (κ2) is 6.32. The Bertz CT molecular complexity index is 622. The number of aliphatic hydroxyl groups excluding tert-OH is 1. The van der Waals surface area contributed by atoms with Crippen molar-refractivity contribution in [1.82, 2.24) is 9.88 Å². The normalized spacial score (nSPS) is 19.4. The van der Waals surface area contributed by atoms with Crippen LogP contribution in [0, 0.1) is 6.92 Å². The topological polar surface area (TPSA) is 66.6 Å². The van der Waals surface area contributed by atoms with E-state index >= 15 is 0 Å². The first-order valence-electron chi connectivity index (χ1n) is 7.60. The summed E-state index contributed by atoms with van der Waals surface area (Å²) in [5, 5.41) is 10.2. The van der Waals surface area contributed by atoms with Gasteiger partial charge in [-0.25, -0.2) is 0 Å². The van der Waals surface area contributed by atoms with Crippen LogP contribution in [-0.2, 0) is 0 Å². The van der Waals surface area contributed by atoms with Gasteiger partial charge in [0.05, 0.1) is 11.8 Å². The summed E-state index contributed by atoms with van der Waals surface area (Å²) in [4.78, 5) is 18.6. The molecule has 1 amide bonds. The zero-order chi connectivity index (χ0) is 15.5. The molecule has 1 saturated heterocycles. The molecule has 2 atom stereocenters. The van der Waals surface area contributed by atoms with Gasteiger partial charge in [0.25, 0.3) is 5.91 Å². The summed E-state index contributed by atoms with van der Waals surface area (Å²) >= 11 is 0. The minimum absolute atomic E-state index is 0.0124. The van der Waals surface area contributed by atoms with Gasteiger partial charge in [-0.3, -0.25) is 9.78 Å². The molecular weight excluding hydrogens is 280 g/mol. The number of hydrogen-bond donors (Lipinski definition) is 1. The summed E-state index contributed by atoms with van der Waals surface area (Å²) in [7, 11) is 0. The van der Waals surface area contributed by atoms with Gasteiger partial charge in [0.1, 0.15) is 11.9 Å². The lowest BCUT2D eigenvalue weighted by molar-refractivity contribution is 0.0641. The van der Waals surface area contributed by atoms with E-state index in [4.69, 9.17) is 4.42 Å². The maximum atomic E-state index is 12.6. The Morgan fingerprint density at radius 3 is 3.05 bits per heavy atom. The number of aliphatic hydroxyl groups is 1. The van der Waals surface area contributed by atoms with Crippen molar-refractivity contribution in [3.05, 3.63) is 53.7 Å². The van der Waals surface area contributed by atoms with Crippen molar-refractivity contribution in [3.8, 4) is 0 Å². The molecule has 0 aromatic carbocycles. The van der Waals surface area contributed by atoms with Gasteiger partial charge < -0.3 is 14.4 Å². The zero-order valence-electron chi connectivity index (χ0n) is 12.6. The Morgan fingerprint density at radius 2 is 2.36 bits per heavy atom. The standard InChI is InChI=1S/C17H20N2O3/c1-12-6-7-13(11-18-12)17(21)19-8-2-4-14(19)10-15(20)16-5-3-9-22-16/h3,5-7,9,11,14-15,20H,2,4,8,10H2,1H3. The van der Waals surface area contributed by atoms with Crippen LogP contribution in [0.1, 0.15) is 47.2 Å². The first-order valence-corrected chi connectivity index (χ1v) is 7.60. The van der Waals surface area contributed by atoms with Gasteiger partial charge in [0.15, 0.2) is 0 Å². The molecule has 0 radical (unpaired) electrons. The monoisotopic (exact) mass is 300 g/mol. The van der Waals surface area contributed by atoms with Crippen molar-refractivity contribution < 1.29 is 14.3 Å². The van der Waals surface area contributed by atoms with E-state index in [1.54, 1.807) is 24.6 Å². The fraction of sp³-hybridized carbons (Fsp3) is 0.412. The van der Waals surface area contributed by atoms with Gasteiger partial charge in [-0.15, -0.1) is 0 Å². The molecule has 0 aliphatic carbocycles. The molecule has 3 rings (SSSR count). The van der Waals surface area contributed by atoms with Crippen LogP contribution >= 0.6 is 0 Å². The maximum Gasteiger partial charge on any atom is 0.255 e. The Morgan fingerprint density at radius 1 is 1.50 bits per heavy atom. The average molecular weight is 300 g/mol. The molecule has 2 unspecified atom stereocenters. The van der Waals surface area contributed by atoms with Crippen LogP contribution in [-0.4, -0.2) is 33.5 Å². The number of furan rings is 1. The highest BCUT2D eigenvalue weighted by molar-refractivity contribution is 5.94. The number of amides is 1. The van der Waals surface area contributed by atoms with E-state index in [0.717, 1.165) is 25.1 Å².